The molecule has 0 aromatic heterocycles. The maximum absolute atomic E-state index is 13.0. The van der Waals surface area contributed by atoms with E-state index in [1.807, 2.05) is 0 Å². The van der Waals surface area contributed by atoms with Crippen LogP contribution in [0.5, 0.6) is 0 Å². The smallest absolute Gasteiger partial charge is 0.337 e. The number of esters is 1. The van der Waals surface area contributed by atoms with E-state index in [0.29, 0.717) is 16.4 Å². The summed E-state index contributed by atoms with van der Waals surface area (Å²) < 4.78 is 31.0. The Bertz CT molecular complexity index is 582. The Kier molecular flexibility index (Phi) is 4.29. The van der Waals surface area contributed by atoms with Crippen LogP contribution in [0.25, 0.3) is 0 Å². The highest BCUT2D eigenvalue weighted by Crippen LogP contribution is 2.12. The summed E-state index contributed by atoms with van der Waals surface area (Å²) in [4.78, 5) is 11.9. The first-order chi connectivity index (χ1) is 9.45. The normalized spacial score (nSPS) is 14.7. The van der Waals surface area contributed by atoms with Gasteiger partial charge in [0.15, 0.2) is 5.11 Å². The van der Waals surface area contributed by atoms with E-state index in [1.165, 1.54) is 0 Å². The number of allylic oxidation sites excluding steroid dienone is 1. The van der Waals surface area contributed by atoms with Crippen LogP contribution in [0.2, 0.25) is 0 Å². The van der Waals surface area contributed by atoms with Crippen molar-refractivity contribution >= 4 is 23.3 Å². The van der Waals surface area contributed by atoms with Crippen LogP contribution in [0, 0.1) is 11.6 Å². The molecule has 0 fully saturated rings. The third-order valence-corrected chi connectivity index (χ3v) is 2.96. The van der Waals surface area contributed by atoms with Crippen molar-refractivity contribution in [3.8, 4) is 0 Å². The highest BCUT2D eigenvalue weighted by Gasteiger charge is 2.19. The van der Waals surface area contributed by atoms with Crippen LogP contribution in [-0.4, -0.2) is 17.6 Å². The second-order valence-electron chi connectivity index (χ2n) is 4.27. The summed E-state index contributed by atoms with van der Waals surface area (Å²) >= 11 is 4.90. The van der Waals surface area contributed by atoms with Gasteiger partial charge in [0.25, 0.3) is 0 Å². The van der Waals surface area contributed by atoms with Crippen LogP contribution in [0.15, 0.2) is 29.5 Å². The van der Waals surface area contributed by atoms with E-state index >= 15 is 0 Å². The Labute approximate surface area is 119 Å². The molecule has 0 aliphatic carbocycles. The van der Waals surface area contributed by atoms with Crippen molar-refractivity contribution in [1.29, 1.82) is 0 Å². The molecule has 1 aromatic rings. The molecular weight excluding hydrogens is 286 g/mol. The molecule has 1 heterocycles. The molecule has 1 aromatic carbocycles. The topological polar surface area (TPSA) is 50.4 Å². The Balaban J connectivity index is 2.02. The van der Waals surface area contributed by atoms with Crippen molar-refractivity contribution in [3.63, 3.8) is 0 Å². The van der Waals surface area contributed by atoms with Crippen molar-refractivity contribution in [2.24, 2.45) is 0 Å². The number of nitrogens with one attached hydrogen (secondary N) is 2. The van der Waals surface area contributed by atoms with Crippen molar-refractivity contribution in [3.05, 3.63) is 46.7 Å². The number of carbonyl (C=O) groups is 1. The SMILES string of the molecule is CC1=C(C(=O)OCc2cc(F)cc(F)c2)CNC(=S)N1. The number of carbonyl (C=O) groups excluding carboxylic acids is 1. The third kappa shape index (κ3) is 3.51. The van der Waals surface area contributed by atoms with Gasteiger partial charge in [-0.2, -0.15) is 0 Å². The van der Waals surface area contributed by atoms with Gasteiger partial charge >= 0.3 is 5.97 Å². The van der Waals surface area contributed by atoms with Crippen LogP contribution in [0.4, 0.5) is 8.78 Å². The molecule has 1 aliphatic heterocycles. The van der Waals surface area contributed by atoms with Gasteiger partial charge < -0.3 is 15.4 Å². The lowest BCUT2D eigenvalue weighted by atomic mass is 10.2. The number of halogens is 2. The van der Waals surface area contributed by atoms with Gasteiger partial charge in [-0.3, -0.25) is 0 Å². The fraction of sp³-hybridized carbons (Fsp3) is 0.231. The van der Waals surface area contributed by atoms with Gasteiger partial charge in [-0.1, -0.05) is 0 Å². The lowest BCUT2D eigenvalue weighted by Crippen LogP contribution is -2.42. The zero-order valence-corrected chi connectivity index (χ0v) is 11.4. The standard InChI is InChI=1S/C13H12F2N2O2S/c1-7-11(5-16-13(20)17-7)12(18)19-6-8-2-9(14)4-10(15)3-8/h2-4H,5-6H2,1H3,(H2,16,17,20). The highest BCUT2D eigenvalue weighted by molar-refractivity contribution is 7.80. The van der Waals surface area contributed by atoms with E-state index in [1.54, 1.807) is 6.92 Å². The van der Waals surface area contributed by atoms with Gasteiger partial charge in [0.2, 0.25) is 0 Å². The maximum Gasteiger partial charge on any atom is 0.337 e. The summed E-state index contributed by atoms with van der Waals surface area (Å²) in [5.74, 6) is -1.98. The van der Waals surface area contributed by atoms with Crippen molar-refractivity contribution in [1.82, 2.24) is 10.6 Å². The molecule has 2 N–H and O–H groups in total. The molecule has 1 aliphatic rings. The quantitative estimate of drug-likeness (QED) is 0.658. The van der Waals surface area contributed by atoms with Crippen LogP contribution >= 0.6 is 12.2 Å². The van der Waals surface area contributed by atoms with Crippen molar-refractivity contribution in [2.75, 3.05) is 6.54 Å². The molecule has 4 nitrogen and oxygen atoms in total. The second-order valence-corrected chi connectivity index (χ2v) is 4.67. The molecule has 106 valence electrons. The van der Waals surface area contributed by atoms with E-state index in [-0.39, 0.29) is 18.7 Å². The summed E-state index contributed by atoms with van der Waals surface area (Å²) in [6, 6.07) is 2.99. The molecule has 0 spiro atoms. The Morgan fingerprint density at radius 3 is 2.60 bits per heavy atom. The first-order valence-electron chi connectivity index (χ1n) is 5.82. The number of ether oxygens (including phenoxy) is 1. The largest absolute Gasteiger partial charge is 0.457 e. The van der Waals surface area contributed by atoms with Crippen molar-refractivity contribution < 1.29 is 18.3 Å². The molecule has 0 unspecified atom stereocenters. The molecule has 0 saturated heterocycles. The highest BCUT2D eigenvalue weighted by atomic mass is 32.1. The summed E-state index contributed by atoms with van der Waals surface area (Å²) in [7, 11) is 0. The predicted octanol–water partition coefficient (Wildman–Crippen LogP) is 1.76. The Morgan fingerprint density at radius 2 is 2.00 bits per heavy atom. The minimum atomic E-state index is -0.710. The van der Waals surface area contributed by atoms with Gasteiger partial charge in [-0.15, -0.1) is 0 Å². The first kappa shape index (κ1) is 14.4. The zero-order valence-electron chi connectivity index (χ0n) is 10.6. The number of hydrogen-bond acceptors (Lipinski definition) is 3. The number of hydrogen-bond donors (Lipinski definition) is 2. The number of thiocarbonyl (C=S) groups is 1. The molecule has 20 heavy (non-hydrogen) atoms. The number of benzene rings is 1. The van der Waals surface area contributed by atoms with Gasteiger partial charge in [0.05, 0.1) is 12.1 Å². The molecule has 2 rings (SSSR count). The summed E-state index contributed by atoms with van der Waals surface area (Å²) in [5, 5.41) is 6.04. The average molecular weight is 298 g/mol. The summed E-state index contributed by atoms with van der Waals surface area (Å²) in [6.07, 6.45) is 0. The van der Waals surface area contributed by atoms with E-state index in [9.17, 15) is 13.6 Å². The second kappa shape index (κ2) is 5.96. The van der Waals surface area contributed by atoms with Crippen LogP contribution in [0.3, 0.4) is 0 Å². The fourth-order valence-corrected chi connectivity index (χ4v) is 1.97. The summed E-state index contributed by atoms with van der Waals surface area (Å²) in [5.41, 5.74) is 1.25. The first-order valence-corrected chi connectivity index (χ1v) is 6.23. The lowest BCUT2D eigenvalue weighted by molar-refractivity contribution is -0.140. The molecule has 0 saturated carbocycles. The molecule has 0 bridgehead atoms. The van der Waals surface area contributed by atoms with E-state index in [2.05, 4.69) is 10.6 Å². The van der Waals surface area contributed by atoms with E-state index in [0.717, 1.165) is 18.2 Å². The zero-order chi connectivity index (χ0) is 14.7. The maximum atomic E-state index is 13.0. The van der Waals surface area contributed by atoms with E-state index < -0.39 is 17.6 Å². The van der Waals surface area contributed by atoms with Crippen molar-refractivity contribution in [2.45, 2.75) is 13.5 Å². The lowest BCUT2D eigenvalue weighted by Gasteiger charge is -2.20. The molecular formula is C13H12F2N2O2S. The molecule has 7 heteroatoms. The van der Waals surface area contributed by atoms with Gasteiger partial charge in [-0.05, 0) is 36.8 Å². The van der Waals surface area contributed by atoms with Gasteiger partial charge in [0, 0.05) is 11.8 Å². The minimum absolute atomic E-state index is 0.200. The van der Waals surface area contributed by atoms with Crippen LogP contribution in [0.1, 0.15) is 12.5 Å². The minimum Gasteiger partial charge on any atom is -0.457 e. The molecule has 0 radical (unpaired) electrons. The predicted molar refractivity (Wildman–Crippen MR) is 72.6 cm³/mol. The van der Waals surface area contributed by atoms with E-state index in [4.69, 9.17) is 17.0 Å². The Morgan fingerprint density at radius 1 is 1.35 bits per heavy atom. The van der Waals surface area contributed by atoms with Gasteiger partial charge in [-0.25, -0.2) is 13.6 Å². The molecule has 0 amide bonds. The number of rotatable bonds is 3. The van der Waals surface area contributed by atoms with Crippen LogP contribution in [-0.2, 0) is 16.1 Å². The third-order valence-electron chi connectivity index (χ3n) is 2.72. The summed E-state index contributed by atoms with van der Waals surface area (Å²) in [6.45, 7) is 1.76. The monoisotopic (exact) mass is 298 g/mol. The molecule has 0 atom stereocenters. The van der Waals surface area contributed by atoms with Crippen LogP contribution < -0.4 is 10.6 Å². The fourth-order valence-electron chi connectivity index (χ4n) is 1.75. The Hall–Kier alpha value is -2.02. The average Bonchev–Trinajstić information content (AvgIpc) is 2.35. The van der Waals surface area contributed by atoms with Gasteiger partial charge in [0.1, 0.15) is 18.2 Å².